The number of aryl methyl sites for hydroxylation is 1. The molecule has 3 rings (SSSR count). The third-order valence-electron chi connectivity index (χ3n) is 4.33. The zero-order valence-electron chi connectivity index (χ0n) is 12.3. The number of hydrogen-bond acceptors (Lipinski definition) is 3. The summed E-state index contributed by atoms with van der Waals surface area (Å²) in [6.45, 7) is 2.22. The Kier molecular flexibility index (Phi) is 4.66. The van der Waals surface area contributed by atoms with Crippen LogP contribution in [0.25, 0.3) is 0 Å². The Balaban J connectivity index is 1.63. The van der Waals surface area contributed by atoms with E-state index in [1.54, 1.807) is 0 Å². The van der Waals surface area contributed by atoms with E-state index < -0.39 is 0 Å². The highest BCUT2D eigenvalue weighted by Gasteiger charge is 2.28. The van der Waals surface area contributed by atoms with Gasteiger partial charge in [0, 0.05) is 11.4 Å². The molecule has 1 fully saturated rings. The maximum atomic E-state index is 4.93. The minimum atomic E-state index is 0.576. The molecule has 0 spiro atoms. The number of benzene rings is 1. The molecule has 1 aromatic rings. The van der Waals surface area contributed by atoms with Gasteiger partial charge in [0.2, 0.25) is 0 Å². The first-order valence-electron chi connectivity index (χ1n) is 7.91. The Morgan fingerprint density at radius 2 is 2.00 bits per heavy atom. The topological polar surface area (TPSA) is 24.4 Å². The van der Waals surface area contributed by atoms with Crippen LogP contribution >= 0.6 is 11.8 Å². The van der Waals surface area contributed by atoms with E-state index in [0.29, 0.717) is 6.04 Å². The molecule has 1 heterocycles. The first-order chi connectivity index (χ1) is 9.85. The Hall–Kier alpha value is -0.960. The van der Waals surface area contributed by atoms with Crippen LogP contribution in [0.1, 0.15) is 44.6 Å². The van der Waals surface area contributed by atoms with Gasteiger partial charge in [0.25, 0.3) is 0 Å². The molecule has 1 aromatic carbocycles. The van der Waals surface area contributed by atoms with E-state index in [-0.39, 0.29) is 0 Å². The Labute approximate surface area is 126 Å². The largest absolute Gasteiger partial charge is 0.335 e. The van der Waals surface area contributed by atoms with Crippen molar-refractivity contribution in [3.05, 3.63) is 29.8 Å². The number of nitrogens with zero attached hydrogens (tertiary/aromatic N) is 1. The maximum Gasteiger partial charge on any atom is 0.161 e. The minimum absolute atomic E-state index is 0.576. The van der Waals surface area contributed by atoms with E-state index in [2.05, 4.69) is 36.5 Å². The number of fused-ring (bicyclic) bond motifs is 1. The van der Waals surface area contributed by atoms with Crippen LogP contribution in [0.4, 0.5) is 5.69 Å². The quantitative estimate of drug-likeness (QED) is 0.871. The molecule has 108 valence electrons. The number of hydrogen-bond donors (Lipinski definition) is 1. The molecule has 20 heavy (non-hydrogen) atoms. The van der Waals surface area contributed by atoms with E-state index >= 15 is 0 Å². The van der Waals surface area contributed by atoms with Gasteiger partial charge in [-0.05, 0) is 42.9 Å². The summed E-state index contributed by atoms with van der Waals surface area (Å²) in [4.78, 5) is 4.93. The number of rotatable bonds is 3. The van der Waals surface area contributed by atoms with E-state index in [4.69, 9.17) is 4.99 Å². The zero-order valence-corrected chi connectivity index (χ0v) is 13.1. The molecule has 0 saturated heterocycles. The van der Waals surface area contributed by atoms with E-state index in [1.165, 1.54) is 55.5 Å². The van der Waals surface area contributed by atoms with Crippen molar-refractivity contribution in [2.75, 3.05) is 11.1 Å². The number of thioether (sulfide) groups is 1. The summed E-state index contributed by atoms with van der Waals surface area (Å²) in [6, 6.07) is 9.39. The normalized spacial score (nSPS) is 25.8. The van der Waals surface area contributed by atoms with E-state index in [9.17, 15) is 0 Å². The average molecular weight is 288 g/mol. The number of nitrogens with one attached hydrogen (secondary N) is 1. The van der Waals surface area contributed by atoms with Crippen LogP contribution in [-0.2, 0) is 6.42 Å². The molecule has 1 saturated carbocycles. The van der Waals surface area contributed by atoms with E-state index in [0.717, 1.165) is 11.1 Å². The van der Waals surface area contributed by atoms with Crippen molar-refractivity contribution in [2.24, 2.45) is 10.9 Å². The van der Waals surface area contributed by atoms with Gasteiger partial charge in [0.05, 0.1) is 6.04 Å². The van der Waals surface area contributed by atoms with Crippen molar-refractivity contribution < 1.29 is 0 Å². The molecule has 3 heteroatoms. The van der Waals surface area contributed by atoms with Crippen LogP contribution in [0, 0.1) is 5.92 Å². The summed E-state index contributed by atoms with van der Waals surface area (Å²) in [7, 11) is 0. The zero-order chi connectivity index (χ0) is 13.8. The predicted octanol–water partition coefficient (Wildman–Crippen LogP) is 4.71. The summed E-state index contributed by atoms with van der Waals surface area (Å²) in [5.41, 5.74) is 2.59. The summed E-state index contributed by atoms with van der Waals surface area (Å²) in [5.74, 6) is 2.07. The van der Waals surface area contributed by atoms with Crippen LogP contribution < -0.4 is 5.32 Å². The molecule has 0 radical (unpaired) electrons. The van der Waals surface area contributed by atoms with Gasteiger partial charge in [-0.1, -0.05) is 50.1 Å². The molecule has 1 N–H and O–H groups in total. The molecular formula is C17H24N2S. The van der Waals surface area contributed by atoms with Gasteiger partial charge >= 0.3 is 0 Å². The van der Waals surface area contributed by atoms with Crippen molar-refractivity contribution in [2.45, 2.75) is 51.5 Å². The molecular weight excluding hydrogens is 264 g/mol. The summed E-state index contributed by atoms with van der Waals surface area (Å²) in [6.07, 6.45) is 7.79. The van der Waals surface area contributed by atoms with Crippen molar-refractivity contribution >= 4 is 22.6 Å². The van der Waals surface area contributed by atoms with Gasteiger partial charge in [-0.15, -0.1) is 0 Å². The Morgan fingerprint density at radius 1 is 1.20 bits per heavy atom. The second kappa shape index (κ2) is 6.66. The standard InChI is InChI=1S/C17H24N2S/c1-2-5-13-8-10-15(11-9-13)18-17-19-16-7-4-3-6-14(16)12-20-17/h8-11,14,16H,2-7,12H2,1H3,(H,18,19). The first-order valence-corrected chi connectivity index (χ1v) is 8.90. The predicted molar refractivity (Wildman–Crippen MR) is 89.7 cm³/mol. The molecule has 2 aliphatic rings. The highest BCUT2D eigenvalue weighted by atomic mass is 32.2. The van der Waals surface area contributed by atoms with Crippen molar-refractivity contribution in [1.82, 2.24) is 0 Å². The monoisotopic (exact) mass is 288 g/mol. The number of amidine groups is 1. The maximum absolute atomic E-state index is 4.93. The number of anilines is 1. The van der Waals surface area contributed by atoms with Crippen LogP contribution in [0.5, 0.6) is 0 Å². The summed E-state index contributed by atoms with van der Waals surface area (Å²) < 4.78 is 0. The molecule has 0 amide bonds. The van der Waals surface area contributed by atoms with Crippen molar-refractivity contribution in [3.8, 4) is 0 Å². The van der Waals surface area contributed by atoms with Gasteiger partial charge in [-0.2, -0.15) is 0 Å². The lowest BCUT2D eigenvalue weighted by Crippen LogP contribution is -2.31. The fourth-order valence-electron chi connectivity index (χ4n) is 3.16. The van der Waals surface area contributed by atoms with Gasteiger partial charge < -0.3 is 5.32 Å². The van der Waals surface area contributed by atoms with Gasteiger partial charge in [0.15, 0.2) is 5.17 Å². The summed E-state index contributed by atoms with van der Waals surface area (Å²) >= 11 is 1.90. The van der Waals surface area contributed by atoms with E-state index in [1.807, 2.05) is 11.8 Å². The van der Waals surface area contributed by atoms with Gasteiger partial charge in [-0.3, -0.25) is 4.99 Å². The second-order valence-electron chi connectivity index (χ2n) is 5.93. The Bertz CT molecular complexity index is 466. The molecule has 2 atom stereocenters. The average Bonchev–Trinajstić information content (AvgIpc) is 2.49. The van der Waals surface area contributed by atoms with Crippen molar-refractivity contribution in [3.63, 3.8) is 0 Å². The van der Waals surface area contributed by atoms with Crippen LogP contribution in [0.2, 0.25) is 0 Å². The third-order valence-corrected chi connectivity index (χ3v) is 5.41. The van der Waals surface area contributed by atoms with Crippen LogP contribution in [0.3, 0.4) is 0 Å². The Morgan fingerprint density at radius 3 is 2.80 bits per heavy atom. The minimum Gasteiger partial charge on any atom is -0.335 e. The van der Waals surface area contributed by atoms with Crippen LogP contribution in [-0.4, -0.2) is 17.0 Å². The molecule has 2 unspecified atom stereocenters. The van der Waals surface area contributed by atoms with Gasteiger partial charge in [-0.25, -0.2) is 0 Å². The highest BCUT2D eigenvalue weighted by molar-refractivity contribution is 8.14. The fraction of sp³-hybridized carbons (Fsp3) is 0.588. The smallest absolute Gasteiger partial charge is 0.161 e. The van der Waals surface area contributed by atoms with Gasteiger partial charge in [0.1, 0.15) is 0 Å². The van der Waals surface area contributed by atoms with Crippen molar-refractivity contribution in [1.29, 1.82) is 0 Å². The molecule has 0 aromatic heterocycles. The summed E-state index contributed by atoms with van der Waals surface area (Å²) in [5, 5.41) is 4.62. The van der Waals surface area contributed by atoms with Crippen LogP contribution in [0.15, 0.2) is 29.3 Å². The lowest BCUT2D eigenvalue weighted by Gasteiger charge is -2.32. The second-order valence-corrected chi connectivity index (χ2v) is 6.94. The highest BCUT2D eigenvalue weighted by Crippen LogP contribution is 2.34. The lowest BCUT2D eigenvalue weighted by atomic mass is 9.86. The lowest BCUT2D eigenvalue weighted by molar-refractivity contribution is 0.336. The third kappa shape index (κ3) is 3.38. The molecule has 1 aliphatic carbocycles. The SMILES string of the molecule is CCCc1ccc(NC2=NC3CCCCC3CS2)cc1. The first kappa shape index (κ1) is 14.0. The number of aliphatic imine (C=N–C) groups is 1. The molecule has 1 aliphatic heterocycles. The molecule has 2 nitrogen and oxygen atoms in total. The fourth-order valence-corrected chi connectivity index (χ4v) is 4.32. The molecule has 0 bridgehead atoms.